The molecule has 1 aliphatic rings. The lowest BCUT2D eigenvalue weighted by molar-refractivity contribution is -0.135. The minimum atomic E-state index is -0.189. The van der Waals surface area contributed by atoms with Gasteiger partial charge in [-0.25, -0.2) is 0 Å². The molecule has 0 aliphatic carbocycles. The lowest BCUT2D eigenvalue weighted by Crippen LogP contribution is -2.46. The van der Waals surface area contributed by atoms with Gasteiger partial charge in [-0.05, 0) is 26.8 Å². The zero-order chi connectivity index (χ0) is 18.8. The number of carbonyl (C=O) groups excluding carboxylic acids is 2. The zero-order valence-electron chi connectivity index (χ0n) is 15.6. The fourth-order valence-electron chi connectivity index (χ4n) is 3.18. The van der Waals surface area contributed by atoms with E-state index in [1.54, 1.807) is 11.9 Å². The molecule has 2 aromatic rings. The summed E-state index contributed by atoms with van der Waals surface area (Å²) in [6.45, 7) is 7.87. The van der Waals surface area contributed by atoms with Gasteiger partial charge in [0.05, 0.1) is 25.3 Å². The third-order valence-electron chi connectivity index (χ3n) is 4.59. The average molecular weight is 360 g/mol. The fraction of sp³-hybridized carbons (Fsp3) is 0.500. The molecule has 2 amide bonds. The van der Waals surface area contributed by atoms with E-state index >= 15 is 0 Å². The van der Waals surface area contributed by atoms with Gasteiger partial charge in [0, 0.05) is 37.6 Å². The molecule has 8 heteroatoms. The summed E-state index contributed by atoms with van der Waals surface area (Å²) >= 11 is 0. The highest BCUT2D eigenvalue weighted by atomic mass is 16.5. The molecule has 3 rings (SSSR count). The van der Waals surface area contributed by atoms with Crippen molar-refractivity contribution in [1.29, 1.82) is 0 Å². The third-order valence-corrected chi connectivity index (χ3v) is 4.59. The molecule has 0 N–H and O–H groups in total. The molecule has 2 aromatic heterocycles. The van der Waals surface area contributed by atoms with Gasteiger partial charge >= 0.3 is 0 Å². The molecule has 140 valence electrons. The van der Waals surface area contributed by atoms with Gasteiger partial charge in [0.2, 0.25) is 5.91 Å². The molecule has 0 spiro atoms. The van der Waals surface area contributed by atoms with Gasteiger partial charge in [-0.2, -0.15) is 0 Å². The highest BCUT2D eigenvalue weighted by Crippen LogP contribution is 2.21. The molecule has 26 heavy (non-hydrogen) atoms. The monoisotopic (exact) mass is 360 g/mol. The molecular formula is C18H24N4O4. The van der Waals surface area contributed by atoms with E-state index in [2.05, 4.69) is 5.16 Å². The molecule has 3 heterocycles. The lowest BCUT2D eigenvalue weighted by Gasteiger charge is -2.28. The van der Waals surface area contributed by atoms with E-state index < -0.39 is 0 Å². The molecule has 0 aromatic carbocycles. The van der Waals surface area contributed by atoms with Crippen LogP contribution in [-0.2, 0) is 9.53 Å². The Morgan fingerprint density at radius 3 is 2.50 bits per heavy atom. The van der Waals surface area contributed by atoms with Crippen LogP contribution in [0.15, 0.2) is 16.7 Å². The molecule has 0 atom stereocenters. The van der Waals surface area contributed by atoms with E-state index in [-0.39, 0.29) is 18.4 Å². The number of carbonyl (C=O) groups is 2. The Morgan fingerprint density at radius 2 is 1.88 bits per heavy atom. The minimum Gasteiger partial charge on any atom is -0.378 e. The Labute approximate surface area is 152 Å². The Hall–Kier alpha value is -2.61. The zero-order valence-corrected chi connectivity index (χ0v) is 15.6. The van der Waals surface area contributed by atoms with Gasteiger partial charge in [0.15, 0.2) is 5.82 Å². The molecule has 1 fully saturated rings. The van der Waals surface area contributed by atoms with Gasteiger partial charge in [0.25, 0.3) is 5.91 Å². The number of morpholine rings is 1. The summed E-state index contributed by atoms with van der Waals surface area (Å²) in [5.41, 5.74) is 2.21. The van der Waals surface area contributed by atoms with Crippen molar-refractivity contribution in [2.24, 2.45) is 0 Å². The number of rotatable bonds is 4. The van der Waals surface area contributed by atoms with E-state index in [1.165, 1.54) is 4.90 Å². The molecule has 0 bridgehead atoms. The standard InChI is InChI=1S/C18H24N4O4/c1-12-9-15(14(3)22(12)16-10-13(2)26-19-16)18(24)20(4)11-17(23)21-5-7-25-8-6-21/h9-10H,5-8,11H2,1-4H3. The van der Waals surface area contributed by atoms with Crippen LogP contribution in [0.2, 0.25) is 0 Å². The van der Waals surface area contributed by atoms with Crippen LogP contribution in [0.4, 0.5) is 0 Å². The van der Waals surface area contributed by atoms with Crippen LogP contribution in [0.25, 0.3) is 5.82 Å². The second-order valence-electron chi connectivity index (χ2n) is 6.57. The summed E-state index contributed by atoms with van der Waals surface area (Å²) in [7, 11) is 1.65. The first-order chi connectivity index (χ1) is 12.4. The van der Waals surface area contributed by atoms with Crippen molar-refractivity contribution in [3.63, 3.8) is 0 Å². The number of aromatic nitrogens is 2. The van der Waals surface area contributed by atoms with Crippen LogP contribution in [0.5, 0.6) is 0 Å². The van der Waals surface area contributed by atoms with Crippen molar-refractivity contribution in [3.05, 3.63) is 34.8 Å². The molecule has 0 saturated carbocycles. The first-order valence-electron chi connectivity index (χ1n) is 8.62. The fourth-order valence-corrected chi connectivity index (χ4v) is 3.18. The summed E-state index contributed by atoms with van der Waals surface area (Å²) in [5, 5.41) is 4.03. The third kappa shape index (κ3) is 3.50. The Bertz CT molecular complexity index is 817. The van der Waals surface area contributed by atoms with Crippen LogP contribution in [0.1, 0.15) is 27.5 Å². The summed E-state index contributed by atoms with van der Waals surface area (Å²) in [4.78, 5) is 28.4. The first-order valence-corrected chi connectivity index (χ1v) is 8.62. The van der Waals surface area contributed by atoms with Crippen molar-refractivity contribution in [1.82, 2.24) is 19.5 Å². The average Bonchev–Trinajstić information content (AvgIpc) is 3.17. The second-order valence-corrected chi connectivity index (χ2v) is 6.57. The minimum absolute atomic E-state index is 0.0472. The maximum atomic E-state index is 12.9. The molecule has 1 saturated heterocycles. The maximum absolute atomic E-state index is 12.9. The van der Waals surface area contributed by atoms with Gasteiger partial charge in [-0.3, -0.25) is 14.2 Å². The summed E-state index contributed by atoms with van der Waals surface area (Å²) in [6, 6.07) is 3.64. The number of ether oxygens (including phenoxy) is 1. The normalized spacial score (nSPS) is 14.5. The molecule has 8 nitrogen and oxygen atoms in total. The van der Waals surface area contributed by atoms with Gasteiger partial charge in [-0.15, -0.1) is 0 Å². The van der Waals surface area contributed by atoms with Crippen molar-refractivity contribution in [3.8, 4) is 5.82 Å². The second kappa shape index (κ2) is 7.33. The summed E-state index contributed by atoms with van der Waals surface area (Å²) < 4.78 is 12.3. The highest BCUT2D eigenvalue weighted by molar-refractivity contribution is 5.97. The van der Waals surface area contributed by atoms with E-state index in [1.807, 2.05) is 37.5 Å². The number of amides is 2. The van der Waals surface area contributed by atoms with Gasteiger partial charge < -0.3 is 19.1 Å². The summed E-state index contributed by atoms with van der Waals surface area (Å²) in [5.74, 6) is 1.09. The van der Waals surface area contributed by atoms with Crippen LogP contribution in [0.3, 0.4) is 0 Å². The van der Waals surface area contributed by atoms with Crippen LogP contribution >= 0.6 is 0 Å². The Balaban J connectivity index is 1.76. The van der Waals surface area contributed by atoms with E-state index in [9.17, 15) is 9.59 Å². The Morgan fingerprint density at radius 1 is 1.19 bits per heavy atom. The van der Waals surface area contributed by atoms with Crippen molar-refractivity contribution in [2.75, 3.05) is 39.9 Å². The van der Waals surface area contributed by atoms with Crippen LogP contribution < -0.4 is 0 Å². The number of hydrogen-bond donors (Lipinski definition) is 0. The van der Waals surface area contributed by atoms with Crippen LogP contribution in [0, 0.1) is 20.8 Å². The first kappa shape index (κ1) is 18.2. The quantitative estimate of drug-likeness (QED) is 0.821. The molecule has 1 aliphatic heterocycles. The predicted octanol–water partition coefficient (Wildman–Crippen LogP) is 1.32. The lowest BCUT2D eigenvalue weighted by atomic mass is 10.2. The SMILES string of the molecule is Cc1cc(-n2c(C)cc(C(=O)N(C)CC(=O)N3CCOCC3)c2C)no1. The number of aryl methyl sites for hydroxylation is 2. The largest absolute Gasteiger partial charge is 0.378 e. The highest BCUT2D eigenvalue weighted by Gasteiger charge is 2.24. The number of hydrogen-bond acceptors (Lipinski definition) is 5. The molecule has 0 radical (unpaired) electrons. The van der Waals surface area contributed by atoms with Gasteiger partial charge in [0.1, 0.15) is 5.76 Å². The summed E-state index contributed by atoms with van der Waals surface area (Å²) in [6.07, 6.45) is 0. The van der Waals surface area contributed by atoms with E-state index in [4.69, 9.17) is 9.26 Å². The maximum Gasteiger partial charge on any atom is 0.255 e. The van der Waals surface area contributed by atoms with Crippen molar-refractivity contribution >= 4 is 11.8 Å². The predicted molar refractivity (Wildman–Crippen MR) is 94.4 cm³/mol. The van der Waals surface area contributed by atoms with Crippen molar-refractivity contribution < 1.29 is 18.8 Å². The molecule has 0 unspecified atom stereocenters. The van der Waals surface area contributed by atoms with E-state index in [0.717, 1.165) is 11.4 Å². The van der Waals surface area contributed by atoms with Crippen LogP contribution in [-0.4, -0.2) is 71.2 Å². The Kier molecular flexibility index (Phi) is 5.13. The van der Waals surface area contributed by atoms with Crippen molar-refractivity contribution in [2.45, 2.75) is 20.8 Å². The molecular weight excluding hydrogens is 336 g/mol. The smallest absolute Gasteiger partial charge is 0.255 e. The van der Waals surface area contributed by atoms with E-state index in [0.29, 0.717) is 43.4 Å². The topological polar surface area (TPSA) is 80.8 Å². The number of likely N-dealkylation sites (N-methyl/N-ethyl adjacent to an activating group) is 1. The number of nitrogens with zero attached hydrogens (tertiary/aromatic N) is 4. The van der Waals surface area contributed by atoms with Gasteiger partial charge in [-0.1, -0.05) is 5.16 Å².